The summed E-state index contributed by atoms with van der Waals surface area (Å²) in [6.07, 6.45) is 87.8. The van der Waals surface area contributed by atoms with E-state index < -0.39 is 91.5 Å². The third-order valence-electron chi connectivity index (χ3n) is 13.3. The lowest BCUT2D eigenvalue weighted by Gasteiger charge is -2.21. The van der Waals surface area contributed by atoms with E-state index in [-0.39, 0.29) is 19.3 Å². The van der Waals surface area contributed by atoms with Crippen molar-refractivity contribution in [3.8, 4) is 0 Å². The van der Waals surface area contributed by atoms with Gasteiger partial charge in [0.1, 0.15) is 25.4 Å². The highest BCUT2D eigenvalue weighted by Crippen LogP contribution is 2.45. The number of ether oxygens (including phenoxy) is 3. The fourth-order valence-electron chi connectivity index (χ4n) is 8.12. The number of allylic oxidation sites excluding steroid dienone is 32. The Morgan fingerprint density at radius 2 is 0.547 bits per heavy atom. The molecule has 0 rings (SSSR count). The number of phosphoric ester groups is 2. The number of aliphatic hydroxyl groups is 2. The molecule has 95 heavy (non-hydrogen) atoms. The van der Waals surface area contributed by atoms with Crippen molar-refractivity contribution in [1.29, 1.82) is 0 Å². The molecule has 16 nitrogen and oxygen atoms in total. The van der Waals surface area contributed by atoms with Crippen molar-refractivity contribution in [2.45, 2.75) is 232 Å². The second-order valence-electron chi connectivity index (χ2n) is 22.2. The Labute approximate surface area is 572 Å². The zero-order valence-corrected chi connectivity index (χ0v) is 59.5. The highest BCUT2D eigenvalue weighted by atomic mass is 31.2. The Hall–Kier alpha value is -5.61. The molecule has 0 spiro atoms. The molecule has 534 valence electrons. The predicted octanol–water partition coefficient (Wildman–Crippen LogP) is 19.6. The van der Waals surface area contributed by atoms with E-state index in [0.717, 1.165) is 148 Å². The van der Waals surface area contributed by atoms with E-state index in [4.69, 9.17) is 32.3 Å². The molecule has 0 aromatic carbocycles. The molecule has 0 radical (unpaired) electrons. The first kappa shape index (κ1) is 89.4. The van der Waals surface area contributed by atoms with Gasteiger partial charge in [0, 0.05) is 19.3 Å². The largest absolute Gasteiger partial charge is 0.472 e. The molecule has 0 aliphatic carbocycles. The van der Waals surface area contributed by atoms with Crippen molar-refractivity contribution < 1.29 is 75.8 Å². The Morgan fingerprint density at radius 3 is 0.916 bits per heavy atom. The van der Waals surface area contributed by atoms with Crippen LogP contribution in [0, 0.1) is 0 Å². The van der Waals surface area contributed by atoms with E-state index in [0.29, 0.717) is 25.7 Å². The summed E-state index contributed by atoms with van der Waals surface area (Å²) in [6.45, 7) is 2.12. The minimum atomic E-state index is -4.96. The van der Waals surface area contributed by atoms with Crippen LogP contribution in [0.4, 0.5) is 0 Å². The minimum Gasteiger partial charge on any atom is -0.463 e. The molecule has 0 bridgehead atoms. The Bertz CT molecular complexity index is 2510. The van der Waals surface area contributed by atoms with Crippen LogP contribution in [0.25, 0.3) is 0 Å². The van der Waals surface area contributed by atoms with Crippen molar-refractivity contribution in [3.05, 3.63) is 194 Å². The van der Waals surface area contributed by atoms with Crippen LogP contribution < -0.4 is 0 Å². The summed E-state index contributed by atoms with van der Waals surface area (Å²) in [7, 11) is -9.84. The number of hydrogen-bond donors (Lipinski definition) is 4. The van der Waals surface area contributed by atoms with Gasteiger partial charge in [0.05, 0.1) is 26.4 Å². The van der Waals surface area contributed by atoms with E-state index >= 15 is 0 Å². The van der Waals surface area contributed by atoms with E-state index in [1.807, 2.05) is 18.2 Å². The first-order chi connectivity index (χ1) is 46.2. The van der Waals surface area contributed by atoms with Gasteiger partial charge >= 0.3 is 33.6 Å². The maximum atomic E-state index is 13.0. The van der Waals surface area contributed by atoms with Crippen LogP contribution in [0.2, 0.25) is 0 Å². The van der Waals surface area contributed by atoms with Crippen molar-refractivity contribution in [2.24, 2.45) is 0 Å². The van der Waals surface area contributed by atoms with E-state index in [9.17, 15) is 43.5 Å². The van der Waals surface area contributed by atoms with Crippen LogP contribution in [0.5, 0.6) is 0 Å². The molecular formula is C77H120O16P2. The molecule has 0 amide bonds. The fraction of sp³-hybridized carbons (Fsp3) is 0.545. The van der Waals surface area contributed by atoms with Gasteiger partial charge in [-0.15, -0.1) is 0 Å². The maximum absolute atomic E-state index is 13.0. The van der Waals surface area contributed by atoms with Gasteiger partial charge in [0.2, 0.25) is 0 Å². The van der Waals surface area contributed by atoms with Crippen LogP contribution in [0.15, 0.2) is 194 Å². The molecule has 0 aromatic heterocycles. The van der Waals surface area contributed by atoms with Gasteiger partial charge in [0.15, 0.2) is 6.10 Å². The molecule has 0 saturated heterocycles. The molecule has 4 N–H and O–H groups in total. The van der Waals surface area contributed by atoms with Gasteiger partial charge in [-0.3, -0.25) is 32.5 Å². The van der Waals surface area contributed by atoms with Crippen LogP contribution in [-0.2, 0) is 55.8 Å². The lowest BCUT2D eigenvalue weighted by molar-refractivity contribution is -0.161. The summed E-state index contributed by atoms with van der Waals surface area (Å²) in [5.74, 6) is -1.75. The molecule has 0 aromatic rings. The summed E-state index contributed by atoms with van der Waals surface area (Å²) in [5.41, 5.74) is 0. The molecule has 0 fully saturated rings. The number of unbranched alkanes of at least 4 members (excludes halogenated alkanes) is 8. The summed E-state index contributed by atoms with van der Waals surface area (Å²) in [5, 5.41) is 20.6. The number of hydrogen-bond acceptors (Lipinski definition) is 14. The molecule has 18 heteroatoms. The number of carbonyl (C=O) groups is 3. The normalized spacial score (nSPS) is 15.3. The van der Waals surface area contributed by atoms with Crippen molar-refractivity contribution in [3.63, 3.8) is 0 Å². The monoisotopic (exact) mass is 1360 g/mol. The van der Waals surface area contributed by atoms with Crippen LogP contribution in [-0.4, -0.2) is 95.9 Å². The van der Waals surface area contributed by atoms with Crippen molar-refractivity contribution in [2.75, 3.05) is 39.6 Å². The Morgan fingerprint density at radius 1 is 0.295 bits per heavy atom. The smallest absolute Gasteiger partial charge is 0.463 e. The van der Waals surface area contributed by atoms with Gasteiger partial charge in [-0.25, -0.2) is 9.13 Å². The average Bonchev–Trinajstić information content (AvgIpc) is 1.70. The van der Waals surface area contributed by atoms with Crippen LogP contribution >= 0.6 is 15.6 Å². The molecule has 0 heterocycles. The third-order valence-corrected chi connectivity index (χ3v) is 15.2. The van der Waals surface area contributed by atoms with Gasteiger partial charge in [-0.2, -0.15) is 0 Å². The molecule has 5 unspecified atom stereocenters. The van der Waals surface area contributed by atoms with Crippen LogP contribution in [0.3, 0.4) is 0 Å². The summed E-state index contributed by atoms with van der Waals surface area (Å²) >= 11 is 0. The Kier molecular flexibility index (Phi) is 64.3. The number of rotatable bonds is 63. The zero-order valence-electron chi connectivity index (χ0n) is 57.7. The topological polar surface area (TPSA) is 231 Å². The van der Waals surface area contributed by atoms with Gasteiger partial charge in [-0.05, 0) is 148 Å². The van der Waals surface area contributed by atoms with E-state index in [1.54, 1.807) is 0 Å². The van der Waals surface area contributed by atoms with Gasteiger partial charge in [-0.1, -0.05) is 241 Å². The highest BCUT2D eigenvalue weighted by Gasteiger charge is 2.29. The minimum absolute atomic E-state index is 0.0320. The fourth-order valence-corrected chi connectivity index (χ4v) is 9.70. The lowest BCUT2D eigenvalue weighted by atomic mass is 10.1. The molecule has 5 atom stereocenters. The first-order valence-corrected chi connectivity index (χ1v) is 37.7. The predicted molar refractivity (Wildman–Crippen MR) is 389 cm³/mol. The number of carbonyl (C=O) groups excluding carboxylic acids is 3. The van der Waals surface area contributed by atoms with E-state index in [2.05, 4.69) is 197 Å². The second kappa shape index (κ2) is 68.3. The molecule has 0 saturated carbocycles. The number of phosphoric acid groups is 2. The maximum Gasteiger partial charge on any atom is 0.472 e. The molecule has 0 aliphatic heterocycles. The van der Waals surface area contributed by atoms with E-state index in [1.165, 1.54) is 0 Å². The van der Waals surface area contributed by atoms with Gasteiger partial charge < -0.3 is 34.2 Å². The van der Waals surface area contributed by atoms with Crippen LogP contribution in [0.1, 0.15) is 213 Å². The highest BCUT2D eigenvalue weighted by molar-refractivity contribution is 7.47. The summed E-state index contributed by atoms with van der Waals surface area (Å²) < 4.78 is 60.8. The van der Waals surface area contributed by atoms with Gasteiger partial charge in [0.25, 0.3) is 0 Å². The quantitative estimate of drug-likeness (QED) is 0.0146. The van der Waals surface area contributed by atoms with Crippen molar-refractivity contribution >= 4 is 33.6 Å². The average molecular weight is 1360 g/mol. The van der Waals surface area contributed by atoms with Crippen molar-refractivity contribution in [1.82, 2.24) is 0 Å². The zero-order chi connectivity index (χ0) is 69.5. The molecule has 0 aliphatic rings. The first-order valence-electron chi connectivity index (χ1n) is 34.7. The third kappa shape index (κ3) is 69.6. The number of aliphatic hydroxyl groups excluding tert-OH is 2. The summed E-state index contributed by atoms with van der Waals surface area (Å²) in [4.78, 5) is 58.4. The standard InChI is InChI=1S/C77H120O16P2/c1-4-7-10-13-16-19-22-25-28-31-34-35-38-40-42-45-48-51-54-57-60-63-75(80)87-66-72(78)67-89-94(83,84)90-68-73(79)69-91-95(85,86)92-71-74(93-77(82)65-62-59-56-53-50-47-44-41-37-33-30-27-24-21-18-15-12-9-6-3)70-88-76(81)64-61-58-55-52-49-46-43-39-36-32-29-26-23-20-17-14-11-8-5-2/h7-12,16-21,25-30,34-37,39-42,46,48-49,51,55,58,72-74,78-79H,4-6,13-15,22-24,31-33,38,43-45,47,50,52-54,56-57,59-71H2,1-3H3,(H,83,84)(H,85,86)/b10-7-,11-8-,12-9-,19-16-,20-17-,21-18-,28-25-,29-26-,30-27-,35-34-,39-36-,41-37-,42-40-,49-46-,51-48-,58-55-. The Balaban J connectivity index is 4.86. The second-order valence-corrected chi connectivity index (χ2v) is 25.1. The lowest BCUT2D eigenvalue weighted by Crippen LogP contribution is -2.30. The molecular weight excluding hydrogens is 1240 g/mol. The number of esters is 3. The SMILES string of the molecule is CC/C=C\C/C=C\C/C=C\C/C=C\C/C=C\C/C=C\CCCCC(=O)OCC(O)COP(=O)(O)OCC(O)COP(=O)(O)OCC(COC(=O)CC/C=C\C/C=C\C/C=C\C/C=C\C/C=C\C/C=C\CC)OC(=O)CCCCCCCC/C=C\C/C=C\C/C=C\C/C=C\CC. The summed E-state index contributed by atoms with van der Waals surface area (Å²) in [6, 6.07) is 0.